The van der Waals surface area contributed by atoms with Crippen LogP contribution in [0.3, 0.4) is 0 Å². The maximum atomic E-state index is 5.52. The van der Waals surface area contributed by atoms with Crippen LogP contribution in [0.15, 0.2) is 0 Å². The molecular formula is C9H16N4. The lowest BCUT2D eigenvalue weighted by Crippen LogP contribution is -2.19. The van der Waals surface area contributed by atoms with Crippen LogP contribution in [-0.4, -0.2) is 21.3 Å². The van der Waals surface area contributed by atoms with Crippen molar-refractivity contribution in [3.05, 3.63) is 11.6 Å². The van der Waals surface area contributed by atoms with E-state index in [1.54, 1.807) is 0 Å². The molecule has 0 aliphatic carbocycles. The molecular weight excluding hydrogens is 164 g/mol. The van der Waals surface area contributed by atoms with Crippen molar-refractivity contribution in [2.45, 2.75) is 38.6 Å². The summed E-state index contributed by atoms with van der Waals surface area (Å²) in [5, 5.41) is 8.35. The molecule has 1 aromatic heterocycles. The third-order valence-corrected chi connectivity index (χ3v) is 2.67. The molecule has 0 bridgehead atoms. The molecule has 72 valence electrons. The summed E-state index contributed by atoms with van der Waals surface area (Å²) in [6.45, 7) is 2.89. The third kappa shape index (κ3) is 1.46. The first-order valence-corrected chi connectivity index (χ1v) is 4.95. The molecule has 1 atom stereocenters. The molecule has 13 heavy (non-hydrogen) atoms. The minimum absolute atomic E-state index is 0.556. The first-order chi connectivity index (χ1) is 6.33. The summed E-state index contributed by atoms with van der Waals surface area (Å²) in [6, 6.07) is 0.556. The number of hydrogen-bond donors (Lipinski definition) is 1. The third-order valence-electron chi connectivity index (χ3n) is 2.67. The molecule has 1 unspecified atom stereocenters. The molecule has 1 aromatic rings. The fourth-order valence-electron chi connectivity index (χ4n) is 2.02. The Kier molecular flexibility index (Phi) is 2.31. The molecule has 2 N–H and O–H groups in total. The lowest BCUT2D eigenvalue weighted by molar-refractivity contribution is 0.414. The highest BCUT2D eigenvalue weighted by Gasteiger charge is 2.20. The Morgan fingerprint density at radius 2 is 2.38 bits per heavy atom. The van der Waals surface area contributed by atoms with Gasteiger partial charge in [0.25, 0.3) is 0 Å². The molecule has 0 aromatic carbocycles. The zero-order valence-electron chi connectivity index (χ0n) is 8.03. The SMILES string of the molecule is CC1CCCc2nnc(CCN)n21. The molecule has 0 amide bonds. The Balaban J connectivity index is 2.32. The molecule has 4 nitrogen and oxygen atoms in total. The largest absolute Gasteiger partial charge is 0.330 e. The second kappa shape index (κ2) is 3.46. The van der Waals surface area contributed by atoms with Crippen LogP contribution in [0.25, 0.3) is 0 Å². The summed E-state index contributed by atoms with van der Waals surface area (Å²) in [7, 11) is 0. The highest BCUT2D eigenvalue weighted by Crippen LogP contribution is 2.24. The van der Waals surface area contributed by atoms with Crippen LogP contribution < -0.4 is 5.73 Å². The van der Waals surface area contributed by atoms with Crippen molar-refractivity contribution in [1.82, 2.24) is 14.8 Å². The van der Waals surface area contributed by atoms with Crippen LogP contribution in [0.5, 0.6) is 0 Å². The number of aryl methyl sites for hydroxylation is 1. The number of hydrogen-bond acceptors (Lipinski definition) is 3. The van der Waals surface area contributed by atoms with Crippen LogP contribution in [-0.2, 0) is 12.8 Å². The van der Waals surface area contributed by atoms with Gasteiger partial charge >= 0.3 is 0 Å². The van der Waals surface area contributed by atoms with E-state index in [4.69, 9.17) is 5.73 Å². The van der Waals surface area contributed by atoms with E-state index < -0.39 is 0 Å². The summed E-state index contributed by atoms with van der Waals surface area (Å²) in [6.07, 6.45) is 4.39. The number of fused-ring (bicyclic) bond motifs is 1. The normalized spacial score (nSPS) is 21.5. The van der Waals surface area contributed by atoms with Crippen molar-refractivity contribution in [3.63, 3.8) is 0 Å². The van der Waals surface area contributed by atoms with E-state index in [2.05, 4.69) is 21.7 Å². The standard InChI is InChI=1S/C9H16N4/c1-7-3-2-4-8-11-12-9(5-6-10)13(7)8/h7H,2-6,10H2,1H3. The van der Waals surface area contributed by atoms with Gasteiger partial charge < -0.3 is 10.3 Å². The van der Waals surface area contributed by atoms with Gasteiger partial charge in [0, 0.05) is 18.9 Å². The van der Waals surface area contributed by atoms with Crippen molar-refractivity contribution in [2.24, 2.45) is 5.73 Å². The van der Waals surface area contributed by atoms with Gasteiger partial charge in [0.1, 0.15) is 11.6 Å². The zero-order chi connectivity index (χ0) is 9.26. The van der Waals surface area contributed by atoms with E-state index in [1.807, 2.05) is 0 Å². The quantitative estimate of drug-likeness (QED) is 0.728. The summed E-state index contributed by atoms with van der Waals surface area (Å²) < 4.78 is 2.26. The van der Waals surface area contributed by atoms with Crippen molar-refractivity contribution in [2.75, 3.05) is 6.54 Å². The van der Waals surface area contributed by atoms with Crippen molar-refractivity contribution in [3.8, 4) is 0 Å². The van der Waals surface area contributed by atoms with Crippen LogP contribution in [0.4, 0.5) is 0 Å². The van der Waals surface area contributed by atoms with Gasteiger partial charge in [-0.05, 0) is 26.3 Å². The van der Waals surface area contributed by atoms with Crippen molar-refractivity contribution in [1.29, 1.82) is 0 Å². The zero-order valence-corrected chi connectivity index (χ0v) is 8.03. The van der Waals surface area contributed by atoms with Crippen LogP contribution >= 0.6 is 0 Å². The average Bonchev–Trinajstić information content (AvgIpc) is 2.51. The van der Waals surface area contributed by atoms with Crippen LogP contribution in [0.1, 0.15) is 37.5 Å². The Morgan fingerprint density at radius 1 is 1.54 bits per heavy atom. The van der Waals surface area contributed by atoms with E-state index >= 15 is 0 Å². The Labute approximate surface area is 78.1 Å². The molecule has 0 saturated heterocycles. The van der Waals surface area contributed by atoms with E-state index in [9.17, 15) is 0 Å². The number of nitrogens with zero attached hydrogens (tertiary/aromatic N) is 3. The van der Waals surface area contributed by atoms with Crippen molar-refractivity contribution >= 4 is 0 Å². The number of nitrogens with two attached hydrogens (primary N) is 1. The Bertz CT molecular complexity index is 292. The number of rotatable bonds is 2. The van der Waals surface area contributed by atoms with Crippen LogP contribution in [0.2, 0.25) is 0 Å². The molecule has 4 heteroatoms. The van der Waals surface area contributed by atoms with E-state index in [0.29, 0.717) is 12.6 Å². The second-order valence-corrected chi connectivity index (χ2v) is 3.68. The highest BCUT2D eigenvalue weighted by molar-refractivity contribution is 5.02. The van der Waals surface area contributed by atoms with E-state index in [-0.39, 0.29) is 0 Å². The van der Waals surface area contributed by atoms with Gasteiger partial charge in [-0.3, -0.25) is 0 Å². The average molecular weight is 180 g/mol. The molecule has 0 radical (unpaired) electrons. The predicted octanol–water partition coefficient (Wildman–Crippen LogP) is 0.677. The lowest BCUT2D eigenvalue weighted by Gasteiger charge is -2.22. The van der Waals surface area contributed by atoms with Gasteiger partial charge in [0.15, 0.2) is 0 Å². The molecule has 2 rings (SSSR count). The first kappa shape index (κ1) is 8.69. The molecule has 0 saturated carbocycles. The van der Waals surface area contributed by atoms with Crippen molar-refractivity contribution < 1.29 is 0 Å². The molecule has 1 aliphatic heterocycles. The minimum Gasteiger partial charge on any atom is -0.330 e. The molecule has 0 fully saturated rings. The topological polar surface area (TPSA) is 56.7 Å². The van der Waals surface area contributed by atoms with E-state index in [1.165, 1.54) is 12.8 Å². The highest BCUT2D eigenvalue weighted by atomic mass is 15.3. The summed E-state index contributed by atoms with van der Waals surface area (Å²) >= 11 is 0. The van der Waals surface area contributed by atoms with Gasteiger partial charge in [-0.25, -0.2) is 0 Å². The predicted molar refractivity (Wildman–Crippen MR) is 50.4 cm³/mol. The lowest BCUT2D eigenvalue weighted by atomic mass is 10.1. The van der Waals surface area contributed by atoms with Gasteiger partial charge in [-0.2, -0.15) is 0 Å². The monoisotopic (exact) mass is 180 g/mol. The van der Waals surface area contributed by atoms with E-state index in [0.717, 1.165) is 24.5 Å². The van der Waals surface area contributed by atoms with Crippen LogP contribution in [0, 0.1) is 0 Å². The van der Waals surface area contributed by atoms with Gasteiger partial charge in [-0.1, -0.05) is 0 Å². The number of aromatic nitrogens is 3. The maximum Gasteiger partial charge on any atom is 0.134 e. The van der Waals surface area contributed by atoms with Gasteiger partial charge in [0.2, 0.25) is 0 Å². The minimum atomic E-state index is 0.556. The fourth-order valence-corrected chi connectivity index (χ4v) is 2.02. The molecule has 1 aliphatic rings. The maximum absolute atomic E-state index is 5.52. The Morgan fingerprint density at radius 3 is 3.15 bits per heavy atom. The summed E-state index contributed by atoms with van der Waals surface area (Å²) in [4.78, 5) is 0. The summed E-state index contributed by atoms with van der Waals surface area (Å²) in [5.41, 5.74) is 5.52. The molecule has 0 spiro atoms. The van der Waals surface area contributed by atoms with Gasteiger partial charge in [-0.15, -0.1) is 10.2 Å². The smallest absolute Gasteiger partial charge is 0.134 e. The molecule has 2 heterocycles. The Hall–Kier alpha value is -0.900. The van der Waals surface area contributed by atoms with Gasteiger partial charge in [0.05, 0.1) is 0 Å². The fraction of sp³-hybridized carbons (Fsp3) is 0.778. The first-order valence-electron chi connectivity index (χ1n) is 4.95. The summed E-state index contributed by atoms with van der Waals surface area (Å²) in [5.74, 6) is 2.20. The second-order valence-electron chi connectivity index (χ2n) is 3.68.